The SMILES string of the molecule is Cc1nc(Nc2cccc(Nc3nc(C)c(-c4ccccc4)s3)c2)sc1-c1ccccc1. The molecule has 0 fully saturated rings. The monoisotopic (exact) mass is 454 g/mol. The van der Waals surface area contributed by atoms with E-state index >= 15 is 0 Å². The molecule has 0 atom stereocenters. The average molecular weight is 455 g/mol. The third kappa shape index (κ3) is 4.42. The van der Waals surface area contributed by atoms with E-state index in [1.54, 1.807) is 22.7 Å². The lowest BCUT2D eigenvalue weighted by Gasteiger charge is -2.06. The van der Waals surface area contributed by atoms with E-state index in [1.165, 1.54) is 20.9 Å². The second-order valence-corrected chi connectivity index (χ2v) is 9.43. The molecule has 0 saturated heterocycles. The number of hydrogen-bond donors (Lipinski definition) is 2. The van der Waals surface area contributed by atoms with Gasteiger partial charge in [-0.1, -0.05) is 89.4 Å². The number of anilines is 4. The summed E-state index contributed by atoms with van der Waals surface area (Å²) in [4.78, 5) is 11.8. The Labute approximate surface area is 195 Å². The highest BCUT2D eigenvalue weighted by atomic mass is 32.1. The van der Waals surface area contributed by atoms with Crippen LogP contribution in [0.2, 0.25) is 0 Å². The molecule has 0 radical (unpaired) electrons. The molecule has 5 rings (SSSR count). The largest absolute Gasteiger partial charge is 0.331 e. The van der Waals surface area contributed by atoms with E-state index in [2.05, 4.69) is 79.1 Å². The summed E-state index contributed by atoms with van der Waals surface area (Å²) < 4.78 is 0. The average Bonchev–Trinajstić information content (AvgIpc) is 3.36. The van der Waals surface area contributed by atoms with Crippen LogP contribution in [-0.4, -0.2) is 9.97 Å². The first-order valence-corrected chi connectivity index (χ1v) is 12.0. The van der Waals surface area contributed by atoms with Crippen LogP contribution >= 0.6 is 22.7 Å². The number of rotatable bonds is 6. The topological polar surface area (TPSA) is 49.8 Å². The van der Waals surface area contributed by atoms with Gasteiger partial charge in [-0.3, -0.25) is 0 Å². The Morgan fingerprint density at radius 2 is 1.00 bits per heavy atom. The Morgan fingerprint density at radius 1 is 0.562 bits per heavy atom. The number of nitrogens with zero attached hydrogens (tertiary/aromatic N) is 2. The zero-order valence-corrected chi connectivity index (χ0v) is 19.4. The Kier molecular flexibility index (Phi) is 5.71. The number of nitrogens with one attached hydrogen (secondary N) is 2. The third-order valence-corrected chi connectivity index (χ3v) is 7.27. The van der Waals surface area contributed by atoms with E-state index in [1.807, 2.05) is 30.3 Å². The Hall–Kier alpha value is -3.48. The lowest BCUT2D eigenvalue weighted by Crippen LogP contribution is -1.93. The van der Waals surface area contributed by atoms with E-state index in [0.717, 1.165) is 33.0 Å². The molecule has 6 heteroatoms. The van der Waals surface area contributed by atoms with Gasteiger partial charge in [0.15, 0.2) is 10.3 Å². The van der Waals surface area contributed by atoms with Crippen LogP contribution in [0.5, 0.6) is 0 Å². The lowest BCUT2D eigenvalue weighted by atomic mass is 10.2. The fraction of sp³-hybridized carbons (Fsp3) is 0.0769. The predicted octanol–water partition coefficient (Wildman–Crippen LogP) is 8.04. The van der Waals surface area contributed by atoms with E-state index in [0.29, 0.717) is 0 Å². The summed E-state index contributed by atoms with van der Waals surface area (Å²) >= 11 is 3.33. The zero-order chi connectivity index (χ0) is 21.9. The number of hydrogen-bond acceptors (Lipinski definition) is 6. The van der Waals surface area contributed by atoms with Crippen LogP contribution in [0.4, 0.5) is 21.6 Å². The fourth-order valence-corrected chi connectivity index (χ4v) is 5.52. The predicted molar refractivity (Wildman–Crippen MR) is 138 cm³/mol. The van der Waals surface area contributed by atoms with Crippen molar-refractivity contribution in [3.8, 4) is 20.9 Å². The maximum atomic E-state index is 4.72. The van der Waals surface area contributed by atoms with Crippen molar-refractivity contribution in [2.45, 2.75) is 13.8 Å². The number of aryl methyl sites for hydroxylation is 2. The molecule has 32 heavy (non-hydrogen) atoms. The molecule has 0 bridgehead atoms. The summed E-state index contributed by atoms with van der Waals surface area (Å²) in [5.41, 5.74) is 6.42. The summed E-state index contributed by atoms with van der Waals surface area (Å²) in [5.74, 6) is 0. The molecule has 3 aromatic carbocycles. The first-order chi connectivity index (χ1) is 15.7. The molecule has 0 aliphatic carbocycles. The molecule has 0 saturated carbocycles. The van der Waals surface area contributed by atoms with Crippen molar-refractivity contribution in [2.24, 2.45) is 0 Å². The Bertz CT molecular complexity index is 1240. The van der Waals surface area contributed by atoms with Gasteiger partial charge in [0, 0.05) is 11.4 Å². The molecular weight excluding hydrogens is 432 g/mol. The van der Waals surface area contributed by atoms with Gasteiger partial charge in [-0.2, -0.15) is 0 Å². The summed E-state index contributed by atoms with van der Waals surface area (Å²) in [6.45, 7) is 4.11. The number of aromatic nitrogens is 2. The zero-order valence-electron chi connectivity index (χ0n) is 17.8. The van der Waals surface area contributed by atoms with Crippen LogP contribution < -0.4 is 10.6 Å². The first kappa shape index (κ1) is 20.4. The van der Waals surface area contributed by atoms with Gasteiger partial charge in [0.1, 0.15) is 0 Å². The van der Waals surface area contributed by atoms with Crippen LogP contribution in [-0.2, 0) is 0 Å². The highest BCUT2D eigenvalue weighted by Gasteiger charge is 2.12. The minimum Gasteiger partial charge on any atom is -0.331 e. The number of thiazole rings is 2. The van der Waals surface area contributed by atoms with Crippen LogP contribution in [0.1, 0.15) is 11.4 Å². The van der Waals surface area contributed by atoms with Gasteiger partial charge in [-0.25, -0.2) is 9.97 Å². The third-order valence-electron chi connectivity index (χ3n) is 5.03. The molecule has 2 heterocycles. The van der Waals surface area contributed by atoms with E-state index in [-0.39, 0.29) is 0 Å². The number of benzene rings is 3. The maximum absolute atomic E-state index is 4.72. The molecule has 0 amide bonds. The van der Waals surface area contributed by atoms with Crippen molar-refractivity contribution in [2.75, 3.05) is 10.6 Å². The molecule has 5 aromatic rings. The standard InChI is InChI=1S/C26H22N4S2/c1-17-23(19-10-5-3-6-11-19)31-25(27-17)29-21-14-9-15-22(16-21)30-26-28-18(2)24(32-26)20-12-7-4-8-13-20/h3-16H,1-2H3,(H,27,29)(H,28,30). The highest BCUT2D eigenvalue weighted by molar-refractivity contribution is 7.19. The van der Waals surface area contributed by atoms with Gasteiger partial charge in [0.25, 0.3) is 0 Å². The second-order valence-electron chi connectivity index (χ2n) is 7.43. The Balaban J connectivity index is 1.34. The molecule has 0 spiro atoms. The smallest absolute Gasteiger partial charge is 0.187 e. The van der Waals surface area contributed by atoms with Gasteiger partial charge in [0.05, 0.1) is 21.1 Å². The summed E-state index contributed by atoms with van der Waals surface area (Å²) in [7, 11) is 0. The molecule has 2 aromatic heterocycles. The van der Waals surface area contributed by atoms with Crippen molar-refractivity contribution in [3.63, 3.8) is 0 Å². The maximum Gasteiger partial charge on any atom is 0.187 e. The van der Waals surface area contributed by atoms with Gasteiger partial charge in [-0.05, 0) is 43.2 Å². The molecule has 4 nitrogen and oxygen atoms in total. The summed E-state index contributed by atoms with van der Waals surface area (Å²) in [5, 5.41) is 8.68. The molecule has 0 unspecified atom stereocenters. The van der Waals surface area contributed by atoms with Crippen molar-refractivity contribution < 1.29 is 0 Å². The van der Waals surface area contributed by atoms with E-state index < -0.39 is 0 Å². The van der Waals surface area contributed by atoms with Crippen LogP contribution in [0.3, 0.4) is 0 Å². The lowest BCUT2D eigenvalue weighted by molar-refractivity contribution is 1.26. The van der Waals surface area contributed by atoms with Crippen LogP contribution in [0.15, 0.2) is 84.9 Å². The first-order valence-electron chi connectivity index (χ1n) is 10.4. The normalized spacial score (nSPS) is 10.8. The van der Waals surface area contributed by atoms with Crippen molar-refractivity contribution >= 4 is 44.3 Å². The highest BCUT2D eigenvalue weighted by Crippen LogP contribution is 2.36. The van der Waals surface area contributed by atoms with Crippen molar-refractivity contribution in [1.29, 1.82) is 0 Å². The van der Waals surface area contributed by atoms with Gasteiger partial charge < -0.3 is 10.6 Å². The van der Waals surface area contributed by atoms with Crippen LogP contribution in [0.25, 0.3) is 20.9 Å². The van der Waals surface area contributed by atoms with Gasteiger partial charge >= 0.3 is 0 Å². The molecule has 0 aliphatic rings. The Morgan fingerprint density at radius 3 is 1.44 bits per heavy atom. The summed E-state index contributed by atoms with van der Waals surface area (Å²) in [6.07, 6.45) is 0. The minimum atomic E-state index is 0.884. The van der Waals surface area contributed by atoms with Crippen LogP contribution in [0, 0.1) is 13.8 Å². The fourth-order valence-electron chi connectivity index (χ4n) is 3.54. The van der Waals surface area contributed by atoms with Gasteiger partial charge in [-0.15, -0.1) is 0 Å². The molecular formula is C26H22N4S2. The second kappa shape index (κ2) is 8.94. The summed E-state index contributed by atoms with van der Waals surface area (Å²) in [6, 6.07) is 29.0. The quantitative estimate of drug-likeness (QED) is 0.273. The van der Waals surface area contributed by atoms with E-state index in [4.69, 9.17) is 9.97 Å². The van der Waals surface area contributed by atoms with E-state index in [9.17, 15) is 0 Å². The van der Waals surface area contributed by atoms with Crippen molar-refractivity contribution in [3.05, 3.63) is 96.3 Å². The van der Waals surface area contributed by atoms with Crippen molar-refractivity contribution in [1.82, 2.24) is 9.97 Å². The minimum absolute atomic E-state index is 0.884. The molecule has 2 N–H and O–H groups in total. The molecule has 158 valence electrons. The van der Waals surface area contributed by atoms with Gasteiger partial charge in [0.2, 0.25) is 0 Å². The molecule has 0 aliphatic heterocycles.